The van der Waals surface area contributed by atoms with Gasteiger partial charge in [-0.05, 0) is 31.2 Å². The minimum atomic E-state index is -0.573. The minimum Gasteiger partial charge on any atom is -0.497 e. The van der Waals surface area contributed by atoms with E-state index in [4.69, 9.17) is 9.47 Å². The van der Waals surface area contributed by atoms with Crippen LogP contribution in [0.25, 0.3) is 0 Å². The lowest BCUT2D eigenvalue weighted by Gasteiger charge is -2.08. The van der Waals surface area contributed by atoms with Crippen molar-refractivity contribution < 1.29 is 14.6 Å². The molecule has 0 aliphatic carbocycles. The Labute approximate surface area is 106 Å². The second-order valence-electron chi connectivity index (χ2n) is 3.88. The molecule has 0 fully saturated rings. The Morgan fingerprint density at radius 2 is 1.89 bits per heavy atom. The fourth-order valence-electron chi connectivity index (χ4n) is 1.50. The van der Waals surface area contributed by atoms with Gasteiger partial charge < -0.3 is 14.6 Å². The molecule has 1 heterocycles. The van der Waals surface area contributed by atoms with Crippen molar-refractivity contribution in [2.24, 2.45) is 0 Å². The second-order valence-corrected chi connectivity index (χ2v) is 3.88. The lowest BCUT2D eigenvalue weighted by molar-refractivity contribution is 0.194. The molecule has 1 aromatic heterocycles. The summed E-state index contributed by atoms with van der Waals surface area (Å²) in [6, 6.07) is 10.8. The SMILES string of the molecule is COc1cccc(Oc2ccc([C@@H](C)O)nc2)c1. The molecular weight excluding hydrogens is 230 g/mol. The number of aromatic nitrogens is 1. The van der Waals surface area contributed by atoms with Gasteiger partial charge in [-0.1, -0.05) is 6.07 Å². The molecule has 2 aromatic rings. The summed E-state index contributed by atoms with van der Waals surface area (Å²) in [5.41, 5.74) is 0.619. The third-order valence-electron chi connectivity index (χ3n) is 2.46. The van der Waals surface area contributed by atoms with Crippen LogP contribution in [-0.4, -0.2) is 17.2 Å². The zero-order chi connectivity index (χ0) is 13.0. The highest BCUT2D eigenvalue weighted by Crippen LogP contribution is 2.25. The van der Waals surface area contributed by atoms with Crippen LogP contribution < -0.4 is 9.47 Å². The zero-order valence-corrected chi connectivity index (χ0v) is 10.3. The Kier molecular flexibility index (Phi) is 3.79. The van der Waals surface area contributed by atoms with Crippen LogP contribution in [0.3, 0.4) is 0 Å². The monoisotopic (exact) mass is 245 g/mol. The van der Waals surface area contributed by atoms with Crippen molar-refractivity contribution in [2.75, 3.05) is 7.11 Å². The fourth-order valence-corrected chi connectivity index (χ4v) is 1.50. The van der Waals surface area contributed by atoms with Crippen LogP contribution in [0.2, 0.25) is 0 Å². The maximum Gasteiger partial charge on any atom is 0.145 e. The highest BCUT2D eigenvalue weighted by molar-refractivity contribution is 5.36. The van der Waals surface area contributed by atoms with E-state index in [0.29, 0.717) is 17.2 Å². The highest BCUT2D eigenvalue weighted by atomic mass is 16.5. The number of methoxy groups -OCH3 is 1. The van der Waals surface area contributed by atoms with Gasteiger partial charge in [-0.25, -0.2) is 0 Å². The Morgan fingerprint density at radius 3 is 2.50 bits per heavy atom. The summed E-state index contributed by atoms with van der Waals surface area (Å²) in [4.78, 5) is 4.11. The van der Waals surface area contributed by atoms with Crippen molar-refractivity contribution >= 4 is 0 Å². The smallest absolute Gasteiger partial charge is 0.145 e. The number of ether oxygens (including phenoxy) is 2. The molecule has 1 N–H and O–H groups in total. The van der Waals surface area contributed by atoms with E-state index in [-0.39, 0.29) is 0 Å². The first-order chi connectivity index (χ1) is 8.69. The summed E-state index contributed by atoms with van der Waals surface area (Å²) in [5, 5.41) is 9.35. The van der Waals surface area contributed by atoms with Gasteiger partial charge in [-0.15, -0.1) is 0 Å². The normalized spacial score (nSPS) is 11.9. The van der Waals surface area contributed by atoms with Gasteiger partial charge in [0, 0.05) is 6.07 Å². The fraction of sp³-hybridized carbons (Fsp3) is 0.214. The summed E-state index contributed by atoms with van der Waals surface area (Å²) in [7, 11) is 1.61. The summed E-state index contributed by atoms with van der Waals surface area (Å²) in [6.07, 6.45) is 1.01. The van der Waals surface area contributed by atoms with Crippen LogP contribution in [0, 0.1) is 0 Å². The predicted octanol–water partition coefficient (Wildman–Crippen LogP) is 2.94. The van der Waals surface area contributed by atoms with Crippen molar-refractivity contribution in [3.8, 4) is 17.2 Å². The molecule has 18 heavy (non-hydrogen) atoms. The highest BCUT2D eigenvalue weighted by Gasteiger charge is 2.03. The molecule has 0 amide bonds. The largest absolute Gasteiger partial charge is 0.497 e. The van der Waals surface area contributed by atoms with Crippen LogP contribution in [0.5, 0.6) is 17.2 Å². The Balaban J connectivity index is 2.13. The molecule has 0 aliphatic heterocycles. The predicted molar refractivity (Wildman–Crippen MR) is 67.9 cm³/mol. The van der Waals surface area contributed by atoms with Crippen LogP contribution in [0.15, 0.2) is 42.6 Å². The van der Waals surface area contributed by atoms with Gasteiger partial charge in [-0.2, -0.15) is 0 Å². The van der Waals surface area contributed by atoms with Crippen molar-refractivity contribution in [1.82, 2.24) is 4.98 Å². The molecule has 0 aliphatic rings. The standard InChI is InChI=1S/C14H15NO3/c1-10(16)14-7-6-13(9-15-14)18-12-5-3-4-11(8-12)17-2/h3-10,16H,1-2H3/t10-/m1/s1. The van der Waals surface area contributed by atoms with E-state index in [1.807, 2.05) is 18.2 Å². The summed E-state index contributed by atoms with van der Waals surface area (Å²) < 4.78 is 10.7. The molecule has 0 unspecified atom stereocenters. The second kappa shape index (κ2) is 5.51. The number of benzene rings is 1. The molecule has 0 radical (unpaired) electrons. The van der Waals surface area contributed by atoms with Gasteiger partial charge in [-0.3, -0.25) is 4.98 Å². The molecule has 1 aromatic carbocycles. The first-order valence-corrected chi connectivity index (χ1v) is 5.65. The van der Waals surface area contributed by atoms with Gasteiger partial charge in [0.05, 0.1) is 25.1 Å². The molecule has 0 saturated heterocycles. The quantitative estimate of drug-likeness (QED) is 0.899. The van der Waals surface area contributed by atoms with Crippen LogP contribution >= 0.6 is 0 Å². The number of pyridine rings is 1. The van der Waals surface area contributed by atoms with Crippen LogP contribution in [0.4, 0.5) is 0 Å². The van der Waals surface area contributed by atoms with E-state index in [1.54, 1.807) is 38.4 Å². The number of hydrogen-bond acceptors (Lipinski definition) is 4. The average Bonchev–Trinajstić information content (AvgIpc) is 2.39. The van der Waals surface area contributed by atoms with E-state index in [0.717, 1.165) is 5.75 Å². The summed E-state index contributed by atoms with van der Waals surface area (Å²) >= 11 is 0. The molecule has 1 atom stereocenters. The number of hydrogen-bond donors (Lipinski definition) is 1. The Bertz CT molecular complexity index is 509. The Morgan fingerprint density at radius 1 is 1.11 bits per heavy atom. The van der Waals surface area contributed by atoms with Gasteiger partial charge in [0.15, 0.2) is 0 Å². The summed E-state index contributed by atoms with van der Waals surface area (Å²) in [6.45, 7) is 1.67. The van der Waals surface area contributed by atoms with Gasteiger partial charge in [0.2, 0.25) is 0 Å². The first kappa shape index (κ1) is 12.4. The maximum atomic E-state index is 9.35. The van der Waals surface area contributed by atoms with Crippen molar-refractivity contribution in [1.29, 1.82) is 0 Å². The van der Waals surface area contributed by atoms with Gasteiger partial charge >= 0.3 is 0 Å². The molecular formula is C14H15NO3. The van der Waals surface area contributed by atoms with Crippen molar-refractivity contribution in [2.45, 2.75) is 13.0 Å². The third kappa shape index (κ3) is 2.99. The molecule has 0 spiro atoms. The number of nitrogens with zero attached hydrogens (tertiary/aromatic N) is 1. The molecule has 0 saturated carbocycles. The molecule has 0 bridgehead atoms. The van der Waals surface area contributed by atoms with E-state index in [9.17, 15) is 5.11 Å². The Hall–Kier alpha value is -2.07. The minimum absolute atomic E-state index is 0.573. The zero-order valence-electron chi connectivity index (χ0n) is 10.3. The molecule has 94 valence electrons. The maximum absolute atomic E-state index is 9.35. The lowest BCUT2D eigenvalue weighted by atomic mass is 10.2. The summed E-state index contributed by atoms with van der Waals surface area (Å²) in [5.74, 6) is 2.04. The van der Waals surface area contributed by atoms with Gasteiger partial charge in [0.25, 0.3) is 0 Å². The van der Waals surface area contributed by atoms with E-state index >= 15 is 0 Å². The van der Waals surface area contributed by atoms with Crippen molar-refractivity contribution in [3.63, 3.8) is 0 Å². The molecule has 2 rings (SSSR count). The first-order valence-electron chi connectivity index (χ1n) is 5.65. The molecule has 4 nitrogen and oxygen atoms in total. The van der Waals surface area contributed by atoms with Gasteiger partial charge in [0.1, 0.15) is 17.2 Å². The van der Waals surface area contributed by atoms with Crippen molar-refractivity contribution in [3.05, 3.63) is 48.3 Å². The number of aliphatic hydroxyl groups is 1. The average molecular weight is 245 g/mol. The number of aliphatic hydroxyl groups excluding tert-OH is 1. The van der Waals surface area contributed by atoms with E-state index in [2.05, 4.69) is 4.98 Å². The lowest BCUT2D eigenvalue weighted by Crippen LogP contribution is -1.95. The number of rotatable bonds is 4. The van der Waals surface area contributed by atoms with Crippen LogP contribution in [-0.2, 0) is 0 Å². The van der Waals surface area contributed by atoms with E-state index < -0.39 is 6.10 Å². The topological polar surface area (TPSA) is 51.6 Å². The third-order valence-corrected chi connectivity index (χ3v) is 2.46. The molecule has 4 heteroatoms. The van der Waals surface area contributed by atoms with E-state index in [1.165, 1.54) is 0 Å². The van der Waals surface area contributed by atoms with Crippen LogP contribution in [0.1, 0.15) is 18.7 Å².